The van der Waals surface area contributed by atoms with Gasteiger partial charge in [0, 0.05) is 11.9 Å². The maximum absolute atomic E-state index is 12.8. The van der Waals surface area contributed by atoms with Crippen LogP contribution in [0.3, 0.4) is 0 Å². The first kappa shape index (κ1) is 14.5. The number of nitrogens with zero attached hydrogens (tertiary/aromatic N) is 2. The Bertz CT molecular complexity index is 770. The molecule has 22 heavy (non-hydrogen) atoms. The Morgan fingerprint density at radius 2 is 2.09 bits per heavy atom. The molecule has 1 atom stereocenters. The summed E-state index contributed by atoms with van der Waals surface area (Å²) in [4.78, 5) is 23.7. The van der Waals surface area contributed by atoms with Gasteiger partial charge in [-0.1, -0.05) is 11.8 Å². The number of aromatic amines is 1. The number of fused-ring (bicyclic) bond motifs is 1. The molecule has 5 nitrogen and oxygen atoms in total. The molecule has 0 bridgehead atoms. The van der Waals surface area contributed by atoms with E-state index in [0.29, 0.717) is 16.5 Å². The van der Waals surface area contributed by atoms with Crippen molar-refractivity contribution in [3.8, 4) is 0 Å². The minimum absolute atomic E-state index is 0.176. The number of carbonyl (C=O) groups excluding carboxylic acids is 1. The van der Waals surface area contributed by atoms with Crippen LogP contribution in [-0.2, 0) is 4.79 Å². The molecule has 0 fully saturated rings. The average molecular weight is 316 g/mol. The molecule has 0 aliphatic heterocycles. The second-order valence-corrected chi connectivity index (χ2v) is 6.00. The Kier molecular flexibility index (Phi) is 4.06. The Hall–Kier alpha value is -2.41. The van der Waals surface area contributed by atoms with Crippen molar-refractivity contribution in [1.29, 1.82) is 0 Å². The maximum Gasteiger partial charge on any atom is 0.237 e. The number of benzene rings is 1. The van der Waals surface area contributed by atoms with Gasteiger partial charge in [0.15, 0.2) is 10.8 Å². The minimum Gasteiger partial charge on any atom is -0.332 e. The zero-order valence-electron chi connectivity index (χ0n) is 11.7. The van der Waals surface area contributed by atoms with Gasteiger partial charge in [-0.15, -0.1) is 0 Å². The van der Waals surface area contributed by atoms with Gasteiger partial charge in [-0.2, -0.15) is 0 Å². The summed E-state index contributed by atoms with van der Waals surface area (Å²) in [5.41, 5.74) is 2.01. The Morgan fingerprint density at radius 3 is 2.82 bits per heavy atom. The molecule has 0 unspecified atom stereocenters. The van der Waals surface area contributed by atoms with Crippen molar-refractivity contribution in [2.75, 3.05) is 5.32 Å². The Morgan fingerprint density at radius 1 is 1.32 bits per heavy atom. The van der Waals surface area contributed by atoms with Crippen molar-refractivity contribution in [1.82, 2.24) is 15.0 Å². The third-order valence-electron chi connectivity index (χ3n) is 3.01. The molecule has 0 radical (unpaired) electrons. The fourth-order valence-electron chi connectivity index (χ4n) is 1.88. The second kappa shape index (κ2) is 6.15. The third kappa shape index (κ3) is 3.25. The number of hydrogen-bond donors (Lipinski definition) is 2. The van der Waals surface area contributed by atoms with Crippen molar-refractivity contribution in [2.45, 2.75) is 17.3 Å². The molecule has 1 aromatic carbocycles. The summed E-state index contributed by atoms with van der Waals surface area (Å²) in [6.07, 6.45) is 1.67. The van der Waals surface area contributed by atoms with E-state index in [2.05, 4.69) is 20.3 Å². The van der Waals surface area contributed by atoms with E-state index in [0.717, 1.165) is 5.52 Å². The molecule has 3 rings (SSSR count). The maximum atomic E-state index is 12.8. The summed E-state index contributed by atoms with van der Waals surface area (Å²) in [6.45, 7) is 1.78. The summed E-state index contributed by atoms with van der Waals surface area (Å²) in [5, 5.41) is 3.02. The average Bonchev–Trinajstić information content (AvgIpc) is 2.91. The molecule has 0 saturated heterocycles. The van der Waals surface area contributed by atoms with Crippen LogP contribution in [0, 0.1) is 5.82 Å². The van der Waals surface area contributed by atoms with Crippen molar-refractivity contribution >= 4 is 34.5 Å². The highest BCUT2D eigenvalue weighted by molar-refractivity contribution is 8.00. The second-order valence-electron chi connectivity index (χ2n) is 4.67. The van der Waals surface area contributed by atoms with E-state index in [1.807, 2.05) is 12.1 Å². The SMILES string of the molecule is C[C@H](Sc1nc2ncccc2[nH]1)C(=O)Nc1ccc(F)cc1. The van der Waals surface area contributed by atoms with Gasteiger partial charge < -0.3 is 10.3 Å². The van der Waals surface area contributed by atoms with Crippen molar-refractivity contribution < 1.29 is 9.18 Å². The topological polar surface area (TPSA) is 70.7 Å². The molecule has 2 aromatic heterocycles. The van der Waals surface area contributed by atoms with E-state index < -0.39 is 0 Å². The number of amides is 1. The number of anilines is 1. The fourth-order valence-corrected chi connectivity index (χ4v) is 2.69. The minimum atomic E-state index is -0.356. The molecular weight excluding hydrogens is 303 g/mol. The normalized spacial score (nSPS) is 12.3. The molecule has 0 aliphatic carbocycles. The number of rotatable bonds is 4. The third-order valence-corrected chi connectivity index (χ3v) is 3.99. The van der Waals surface area contributed by atoms with Crippen LogP contribution in [0.2, 0.25) is 0 Å². The number of aromatic nitrogens is 3. The highest BCUT2D eigenvalue weighted by Crippen LogP contribution is 2.23. The molecule has 7 heteroatoms. The van der Waals surface area contributed by atoms with Gasteiger partial charge in [0.2, 0.25) is 5.91 Å². The fraction of sp³-hybridized carbons (Fsp3) is 0.133. The van der Waals surface area contributed by atoms with Gasteiger partial charge in [-0.05, 0) is 43.3 Å². The molecule has 112 valence electrons. The van der Waals surface area contributed by atoms with Gasteiger partial charge in [0.05, 0.1) is 10.8 Å². The van der Waals surface area contributed by atoms with Crippen LogP contribution >= 0.6 is 11.8 Å². The lowest BCUT2D eigenvalue weighted by molar-refractivity contribution is -0.115. The highest BCUT2D eigenvalue weighted by atomic mass is 32.2. The predicted molar refractivity (Wildman–Crippen MR) is 84.2 cm³/mol. The summed E-state index contributed by atoms with van der Waals surface area (Å²) in [7, 11) is 0. The van der Waals surface area contributed by atoms with Crippen LogP contribution in [-0.4, -0.2) is 26.1 Å². The predicted octanol–water partition coefficient (Wildman–Crippen LogP) is 3.22. The Balaban J connectivity index is 1.66. The Labute approximate surface area is 130 Å². The number of hydrogen-bond acceptors (Lipinski definition) is 4. The highest BCUT2D eigenvalue weighted by Gasteiger charge is 2.17. The van der Waals surface area contributed by atoms with Crippen LogP contribution in [0.25, 0.3) is 11.2 Å². The number of imidazole rings is 1. The lowest BCUT2D eigenvalue weighted by atomic mass is 10.3. The summed E-state index contributed by atoms with van der Waals surface area (Å²) in [5.74, 6) is -0.514. The molecule has 2 N–H and O–H groups in total. The molecular formula is C15H13FN4OS. The first-order valence-electron chi connectivity index (χ1n) is 6.65. The molecule has 0 aliphatic rings. The zero-order valence-corrected chi connectivity index (χ0v) is 12.5. The van der Waals surface area contributed by atoms with E-state index in [-0.39, 0.29) is 17.0 Å². The van der Waals surface area contributed by atoms with E-state index in [1.165, 1.54) is 36.0 Å². The lowest BCUT2D eigenvalue weighted by Crippen LogP contribution is -2.22. The van der Waals surface area contributed by atoms with Gasteiger partial charge in [0.25, 0.3) is 0 Å². The van der Waals surface area contributed by atoms with Crippen molar-refractivity contribution in [2.24, 2.45) is 0 Å². The number of pyridine rings is 1. The van der Waals surface area contributed by atoms with E-state index in [4.69, 9.17) is 0 Å². The molecule has 1 amide bonds. The monoisotopic (exact) mass is 316 g/mol. The molecule has 2 heterocycles. The van der Waals surface area contributed by atoms with Gasteiger partial charge in [-0.25, -0.2) is 14.4 Å². The van der Waals surface area contributed by atoms with Crippen LogP contribution in [0.1, 0.15) is 6.92 Å². The van der Waals surface area contributed by atoms with Crippen molar-refractivity contribution in [3.05, 3.63) is 48.4 Å². The number of carbonyl (C=O) groups is 1. The smallest absolute Gasteiger partial charge is 0.237 e. The first-order chi connectivity index (χ1) is 10.6. The van der Waals surface area contributed by atoms with Crippen molar-refractivity contribution in [3.63, 3.8) is 0 Å². The van der Waals surface area contributed by atoms with E-state index >= 15 is 0 Å². The van der Waals surface area contributed by atoms with Crippen LogP contribution < -0.4 is 5.32 Å². The van der Waals surface area contributed by atoms with Crippen LogP contribution in [0.5, 0.6) is 0 Å². The lowest BCUT2D eigenvalue weighted by Gasteiger charge is -2.10. The standard InChI is InChI=1S/C15H13FN4OS/c1-9(14(21)18-11-6-4-10(16)5-7-11)22-15-19-12-3-2-8-17-13(12)20-15/h2-9H,1H3,(H,18,21)(H,17,19,20)/t9-/m0/s1. The van der Waals surface area contributed by atoms with Gasteiger partial charge in [0.1, 0.15) is 5.82 Å². The first-order valence-corrected chi connectivity index (χ1v) is 7.53. The molecule has 0 saturated carbocycles. The van der Waals surface area contributed by atoms with Gasteiger partial charge >= 0.3 is 0 Å². The number of nitrogens with one attached hydrogen (secondary N) is 2. The number of thioether (sulfide) groups is 1. The largest absolute Gasteiger partial charge is 0.332 e. The van der Waals surface area contributed by atoms with Crippen LogP contribution in [0.15, 0.2) is 47.8 Å². The zero-order chi connectivity index (χ0) is 15.5. The summed E-state index contributed by atoms with van der Waals surface area (Å²) < 4.78 is 12.8. The van der Waals surface area contributed by atoms with E-state index in [9.17, 15) is 9.18 Å². The summed E-state index contributed by atoms with van der Waals surface area (Å²) in [6, 6.07) is 9.35. The number of H-pyrrole nitrogens is 1. The molecule has 3 aromatic rings. The van der Waals surface area contributed by atoms with Gasteiger partial charge in [-0.3, -0.25) is 4.79 Å². The van der Waals surface area contributed by atoms with E-state index in [1.54, 1.807) is 13.1 Å². The molecule has 0 spiro atoms. The van der Waals surface area contributed by atoms with Crippen LogP contribution in [0.4, 0.5) is 10.1 Å². The summed E-state index contributed by atoms with van der Waals surface area (Å²) >= 11 is 1.31. The quantitative estimate of drug-likeness (QED) is 0.725. The number of halogens is 1.